The molecule has 0 saturated carbocycles. The highest BCUT2D eigenvalue weighted by atomic mass is 35.5. The van der Waals surface area contributed by atoms with Gasteiger partial charge in [0.25, 0.3) is 0 Å². The zero-order valence-corrected chi connectivity index (χ0v) is 13.4. The molecule has 112 valence electrons. The van der Waals surface area contributed by atoms with Crippen molar-refractivity contribution in [2.45, 2.75) is 17.9 Å². The number of hydrogen-bond donors (Lipinski definition) is 2. The van der Waals surface area contributed by atoms with Gasteiger partial charge in [-0.2, -0.15) is 0 Å². The number of rotatable bonds is 5. The van der Waals surface area contributed by atoms with Crippen LogP contribution in [0.3, 0.4) is 0 Å². The highest BCUT2D eigenvalue weighted by molar-refractivity contribution is 7.89. The quantitative estimate of drug-likeness (QED) is 0.886. The molecule has 2 rings (SSSR count). The second-order valence-corrected chi connectivity index (χ2v) is 6.76. The monoisotopic (exact) mass is 324 g/mol. The maximum Gasteiger partial charge on any atom is 0.243 e. The molecule has 0 heterocycles. The highest BCUT2D eigenvalue weighted by Gasteiger charge is 2.21. The predicted molar refractivity (Wildman–Crippen MR) is 86.2 cm³/mol. The van der Waals surface area contributed by atoms with Crippen LogP contribution >= 0.6 is 11.6 Å². The number of hydrogen-bond acceptors (Lipinski definition) is 3. The minimum atomic E-state index is -3.62. The molecule has 2 N–H and O–H groups in total. The van der Waals surface area contributed by atoms with Crippen molar-refractivity contribution in [1.29, 1.82) is 0 Å². The molecule has 2 aromatic carbocycles. The summed E-state index contributed by atoms with van der Waals surface area (Å²) in [6.45, 7) is 1.78. The molecular formula is C15H17ClN2O2S. The molecule has 0 saturated heterocycles. The van der Waals surface area contributed by atoms with Crippen molar-refractivity contribution in [3.05, 3.63) is 59.1 Å². The first-order chi connectivity index (χ1) is 9.94. The second kappa shape index (κ2) is 6.47. The van der Waals surface area contributed by atoms with Gasteiger partial charge < -0.3 is 5.32 Å². The fourth-order valence-corrected chi connectivity index (χ4v) is 3.69. The molecule has 2 aromatic rings. The molecule has 0 aliphatic heterocycles. The lowest BCUT2D eigenvalue weighted by molar-refractivity contribution is 0.567. The number of anilines is 1. The number of nitrogens with one attached hydrogen (secondary N) is 2. The van der Waals surface area contributed by atoms with E-state index in [1.54, 1.807) is 56.4 Å². The fourth-order valence-electron chi connectivity index (χ4n) is 2.05. The smallest absolute Gasteiger partial charge is 0.243 e. The number of halogens is 1. The maximum absolute atomic E-state index is 12.5. The van der Waals surface area contributed by atoms with Gasteiger partial charge in [-0.25, -0.2) is 13.1 Å². The zero-order valence-electron chi connectivity index (χ0n) is 11.8. The largest absolute Gasteiger partial charge is 0.387 e. The predicted octanol–water partition coefficient (Wildman–Crippen LogP) is 3.42. The lowest BCUT2D eigenvalue weighted by atomic mass is 10.1. The van der Waals surface area contributed by atoms with Gasteiger partial charge in [0, 0.05) is 18.1 Å². The Hall–Kier alpha value is -1.56. The van der Waals surface area contributed by atoms with E-state index < -0.39 is 10.0 Å². The molecule has 0 fully saturated rings. The van der Waals surface area contributed by atoms with Crippen LogP contribution < -0.4 is 10.0 Å². The van der Waals surface area contributed by atoms with E-state index in [-0.39, 0.29) is 10.9 Å². The van der Waals surface area contributed by atoms with E-state index in [1.165, 1.54) is 0 Å². The number of para-hydroxylation sites is 1. The van der Waals surface area contributed by atoms with Crippen molar-refractivity contribution in [3.63, 3.8) is 0 Å². The first-order valence-electron chi connectivity index (χ1n) is 6.48. The van der Waals surface area contributed by atoms with Crippen LogP contribution in [0.2, 0.25) is 5.02 Å². The van der Waals surface area contributed by atoms with Gasteiger partial charge >= 0.3 is 0 Å². The maximum atomic E-state index is 12.5. The molecule has 0 spiro atoms. The van der Waals surface area contributed by atoms with Crippen LogP contribution in [-0.2, 0) is 10.0 Å². The Balaban J connectivity index is 2.29. The van der Waals surface area contributed by atoms with Crippen LogP contribution in [0.25, 0.3) is 0 Å². The summed E-state index contributed by atoms with van der Waals surface area (Å²) in [5, 5.41) is 3.46. The van der Waals surface area contributed by atoms with Gasteiger partial charge in [0.1, 0.15) is 4.90 Å². The molecule has 4 nitrogen and oxygen atoms in total. The SMILES string of the molecule is CNc1ccccc1S(=O)(=O)NC(C)c1cccc(Cl)c1. The van der Waals surface area contributed by atoms with Crippen LogP contribution in [0.4, 0.5) is 5.69 Å². The van der Waals surface area contributed by atoms with E-state index in [4.69, 9.17) is 11.6 Å². The molecule has 0 radical (unpaired) electrons. The van der Waals surface area contributed by atoms with Crippen molar-refractivity contribution < 1.29 is 8.42 Å². The first kappa shape index (κ1) is 15.8. The molecular weight excluding hydrogens is 308 g/mol. The molecule has 0 aliphatic carbocycles. The van der Waals surface area contributed by atoms with Gasteiger partial charge in [-0.15, -0.1) is 0 Å². The average molecular weight is 325 g/mol. The van der Waals surface area contributed by atoms with Gasteiger partial charge in [0.05, 0.1) is 5.69 Å². The average Bonchev–Trinajstić information content (AvgIpc) is 2.46. The van der Waals surface area contributed by atoms with Crippen LogP contribution in [0.5, 0.6) is 0 Å². The molecule has 0 aromatic heterocycles. The van der Waals surface area contributed by atoms with Gasteiger partial charge in [0.15, 0.2) is 0 Å². The summed E-state index contributed by atoms with van der Waals surface area (Å²) in [7, 11) is -1.93. The third-order valence-electron chi connectivity index (χ3n) is 3.13. The van der Waals surface area contributed by atoms with Crippen LogP contribution in [0, 0.1) is 0 Å². The van der Waals surface area contributed by atoms with Gasteiger partial charge in [-0.1, -0.05) is 35.9 Å². The Morgan fingerprint density at radius 2 is 1.81 bits per heavy atom. The summed E-state index contributed by atoms with van der Waals surface area (Å²) in [6, 6.07) is 13.5. The van der Waals surface area contributed by atoms with Crippen molar-refractivity contribution in [1.82, 2.24) is 4.72 Å². The summed E-state index contributed by atoms with van der Waals surface area (Å²) in [4.78, 5) is 0.223. The van der Waals surface area contributed by atoms with E-state index in [0.29, 0.717) is 10.7 Å². The first-order valence-corrected chi connectivity index (χ1v) is 8.35. The summed E-state index contributed by atoms with van der Waals surface area (Å²) >= 11 is 5.94. The summed E-state index contributed by atoms with van der Waals surface area (Å²) in [6.07, 6.45) is 0. The van der Waals surface area contributed by atoms with Crippen molar-refractivity contribution >= 4 is 27.3 Å². The third-order valence-corrected chi connectivity index (χ3v) is 4.96. The fraction of sp³-hybridized carbons (Fsp3) is 0.200. The van der Waals surface area contributed by atoms with Gasteiger partial charge in [-0.05, 0) is 36.8 Å². The Morgan fingerprint density at radius 3 is 2.48 bits per heavy atom. The highest BCUT2D eigenvalue weighted by Crippen LogP contribution is 2.23. The van der Waals surface area contributed by atoms with Crippen molar-refractivity contribution in [3.8, 4) is 0 Å². The Bertz CT molecular complexity index is 732. The van der Waals surface area contributed by atoms with Crippen LogP contribution in [0.1, 0.15) is 18.5 Å². The molecule has 21 heavy (non-hydrogen) atoms. The van der Waals surface area contributed by atoms with Crippen molar-refractivity contribution in [2.24, 2.45) is 0 Å². The Morgan fingerprint density at radius 1 is 1.10 bits per heavy atom. The van der Waals surface area contributed by atoms with E-state index >= 15 is 0 Å². The van der Waals surface area contributed by atoms with Crippen molar-refractivity contribution in [2.75, 3.05) is 12.4 Å². The van der Waals surface area contributed by atoms with Gasteiger partial charge in [-0.3, -0.25) is 0 Å². The molecule has 0 amide bonds. The van der Waals surface area contributed by atoms with Crippen LogP contribution in [0.15, 0.2) is 53.4 Å². The van der Waals surface area contributed by atoms with E-state index in [0.717, 1.165) is 5.56 Å². The Labute approximate surface area is 130 Å². The van der Waals surface area contributed by atoms with E-state index in [2.05, 4.69) is 10.0 Å². The number of sulfonamides is 1. The van der Waals surface area contributed by atoms with E-state index in [1.807, 2.05) is 6.07 Å². The summed E-state index contributed by atoms with van der Waals surface area (Å²) in [5.74, 6) is 0. The minimum absolute atomic E-state index is 0.223. The lowest BCUT2D eigenvalue weighted by Gasteiger charge is -2.16. The van der Waals surface area contributed by atoms with E-state index in [9.17, 15) is 8.42 Å². The standard InChI is InChI=1S/C15H17ClN2O2S/c1-11(12-6-5-7-13(16)10-12)18-21(19,20)15-9-4-3-8-14(15)17-2/h3-11,17-18H,1-2H3. The molecule has 0 bridgehead atoms. The number of benzene rings is 2. The Kier molecular flexibility index (Phi) is 4.88. The van der Waals surface area contributed by atoms with Crippen LogP contribution in [-0.4, -0.2) is 15.5 Å². The molecule has 6 heteroatoms. The molecule has 0 aliphatic rings. The summed E-state index contributed by atoms with van der Waals surface area (Å²) in [5.41, 5.74) is 1.37. The lowest BCUT2D eigenvalue weighted by Crippen LogP contribution is -2.27. The summed E-state index contributed by atoms with van der Waals surface area (Å²) < 4.78 is 27.7. The molecule has 1 atom stereocenters. The third kappa shape index (κ3) is 3.75. The zero-order chi connectivity index (χ0) is 15.5. The second-order valence-electron chi connectivity index (χ2n) is 4.64. The van der Waals surface area contributed by atoms with Gasteiger partial charge in [0.2, 0.25) is 10.0 Å². The molecule has 1 unspecified atom stereocenters. The minimum Gasteiger partial charge on any atom is -0.387 e. The topological polar surface area (TPSA) is 58.2 Å². The normalized spacial score (nSPS) is 12.9.